The second-order valence-corrected chi connectivity index (χ2v) is 7.16. The van der Waals surface area contributed by atoms with Crippen LogP contribution in [0, 0.1) is 10.1 Å². The maximum Gasteiger partial charge on any atom is 0.271 e. The van der Waals surface area contributed by atoms with Gasteiger partial charge in [-0.15, -0.1) is 0 Å². The highest BCUT2D eigenvalue weighted by molar-refractivity contribution is 7.80. The van der Waals surface area contributed by atoms with E-state index in [4.69, 9.17) is 39.8 Å². The number of nitrogens with zero attached hydrogens (tertiary/aromatic N) is 1. The van der Waals surface area contributed by atoms with Crippen LogP contribution in [-0.4, -0.2) is 15.9 Å². The normalized spacial score (nSPS) is 10.7. The highest BCUT2D eigenvalue weighted by atomic mass is 35.5. The van der Waals surface area contributed by atoms with Gasteiger partial charge in [0.25, 0.3) is 5.69 Å². The summed E-state index contributed by atoms with van der Waals surface area (Å²) in [4.78, 5) is 22.2. The molecule has 0 bridgehead atoms. The molecule has 10 heteroatoms. The van der Waals surface area contributed by atoms with E-state index in [-0.39, 0.29) is 15.8 Å². The van der Waals surface area contributed by atoms with Crippen LogP contribution in [0.25, 0.3) is 17.4 Å². The summed E-state index contributed by atoms with van der Waals surface area (Å²) in [6, 6.07) is 14.5. The number of nitro benzene ring substituents is 1. The van der Waals surface area contributed by atoms with Crippen LogP contribution in [0.5, 0.6) is 0 Å². The predicted octanol–water partition coefficient (Wildman–Crippen LogP) is 5.69. The third kappa shape index (κ3) is 5.66. The number of nitrogens with one attached hydrogen (secondary N) is 2. The molecule has 0 aliphatic heterocycles. The minimum absolute atomic E-state index is 0.0123. The number of carbonyl (C=O) groups is 1. The molecule has 0 spiro atoms. The zero-order valence-corrected chi connectivity index (χ0v) is 17.4. The second-order valence-electron chi connectivity index (χ2n) is 5.91. The Labute approximate surface area is 186 Å². The van der Waals surface area contributed by atoms with Crippen LogP contribution in [0.2, 0.25) is 10.0 Å². The van der Waals surface area contributed by atoms with Crippen molar-refractivity contribution < 1.29 is 14.1 Å². The molecule has 1 heterocycles. The number of anilines is 1. The number of furan rings is 1. The first kappa shape index (κ1) is 21.5. The zero-order valence-electron chi connectivity index (χ0n) is 15.1. The molecule has 0 saturated carbocycles. The quantitative estimate of drug-likeness (QED) is 0.219. The van der Waals surface area contributed by atoms with Crippen LogP contribution < -0.4 is 10.6 Å². The van der Waals surface area contributed by atoms with Crippen molar-refractivity contribution in [1.29, 1.82) is 0 Å². The summed E-state index contributed by atoms with van der Waals surface area (Å²) < 4.78 is 5.68. The number of hydrogen-bond acceptors (Lipinski definition) is 5. The molecule has 1 amide bonds. The van der Waals surface area contributed by atoms with Gasteiger partial charge >= 0.3 is 0 Å². The summed E-state index contributed by atoms with van der Waals surface area (Å²) in [5.41, 5.74) is 1.03. The van der Waals surface area contributed by atoms with E-state index in [1.165, 1.54) is 30.4 Å². The van der Waals surface area contributed by atoms with Gasteiger partial charge in [-0.3, -0.25) is 20.2 Å². The Morgan fingerprint density at radius 2 is 1.83 bits per heavy atom. The Morgan fingerprint density at radius 1 is 1.10 bits per heavy atom. The lowest BCUT2D eigenvalue weighted by molar-refractivity contribution is -0.384. The first-order valence-corrected chi connectivity index (χ1v) is 9.58. The summed E-state index contributed by atoms with van der Waals surface area (Å²) in [5, 5.41) is 16.6. The van der Waals surface area contributed by atoms with Crippen LogP contribution in [0.3, 0.4) is 0 Å². The molecule has 0 fully saturated rings. The topological polar surface area (TPSA) is 97.4 Å². The van der Waals surface area contributed by atoms with Gasteiger partial charge in [0, 0.05) is 28.8 Å². The van der Waals surface area contributed by atoms with Crippen molar-refractivity contribution >= 4 is 63.9 Å². The molecular weight excluding hydrogens is 449 g/mol. The van der Waals surface area contributed by atoms with Crippen molar-refractivity contribution in [2.45, 2.75) is 0 Å². The minimum Gasteiger partial charge on any atom is -0.457 e. The molecule has 0 aliphatic carbocycles. The van der Waals surface area contributed by atoms with Gasteiger partial charge in [-0.2, -0.15) is 0 Å². The SMILES string of the molecule is O=C(C=Cc1ccc(-c2ccc(Cl)cc2)o1)NC(=S)Nc1ccc([N+](=O)[O-])cc1Cl. The number of hydrogen-bond donors (Lipinski definition) is 2. The van der Waals surface area contributed by atoms with Gasteiger partial charge in [0.2, 0.25) is 5.91 Å². The summed E-state index contributed by atoms with van der Waals surface area (Å²) in [6.07, 6.45) is 2.76. The largest absolute Gasteiger partial charge is 0.457 e. The highest BCUT2D eigenvalue weighted by Crippen LogP contribution is 2.27. The third-order valence-corrected chi connectivity index (χ3v) is 4.57. The van der Waals surface area contributed by atoms with E-state index in [0.29, 0.717) is 22.2 Å². The van der Waals surface area contributed by atoms with E-state index < -0.39 is 10.8 Å². The van der Waals surface area contributed by atoms with Crippen LogP contribution in [-0.2, 0) is 4.79 Å². The molecule has 2 aromatic carbocycles. The number of carbonyl (C=O) groups excluding carboxylic acids is 1. The standard InChI is InChI=1S/C20H13Cl2N3O4S/c21-13-3-1-12(2-4-13)18-9-6-15(29-18)7-10-19(26)24-20(30)23-17-8-5-14(25(27)28)11-16(17)22/h1-11H,(H2,23,24,26,30). The van der Waals surface area contributed by atoms with Crippen LogP contribution in [0.4, 0.5) is 11.4 Å². The number of benzene rings is 2. The Morgan fingerprint density at radius 3 is 2.50 bits per heavy atom. The molecule has 152 valence electrons. The Balaban J connectivity index is 1.57. The molecule has 3 aromatic rings. The van der Waals surface area contributed by atoms with Crippen molar-refractivity contribution in [3.05, 3.63) is 86.6 Å². The molecule has 0 aliphatic rings. The lowest BCUT2D eigenvalue weighted by Crippen LogP contribution is -2.32. The van der Waals surface area contributed by atoms with E-state index in [2.05, 4.69) is 10.6 Å². The Hall–Kier alpha value is -3.20. The van der Waals surface area contributed by atoms with Crippen molar-refractivity contribution in [3.8, 4) is 11.3 Å². The van der Waals surface area contributed by atoms with Gasteiger partial charge in [-0.05, 0) is 60.8 Å². The van der Waals surface area contributed by atoms with Gasteiger partial charge in [0.05, 0.1) is 15.6 Å². The van der Waals surface area contributed by atoms with Crippen LogP contribution >= 0.6 is 35.4 Å². The average Bonchev–Trinajstić information content (AvgIpc) is 3.17. The number of nitro groups is 1. The summed E-state index contributed by atoms with van der Waals surface area (Å²) in [7, 11) is 0. The minimum atomic E-state index is -0.562. The molecular formula is C20H13Cl2N3O4S. The lowest BCUT2D eigenvalue weighted by atomic mass is 10.2. The van der Waals surface area contributed by atoms with E-state index in [9.17, 15) is 14.9 Å². The highest BCUT2D eigenvalue weighted by Gasteiger charge is 2.11. The average molecular weight is 462 g/mol. The fourth-order valence-electron chi connectivity index (χ4n) is 2.40. The number of rotatable bonds is 5. The van der Waals surface area contributed by atoms with Crippen molar-refractivity contribution in [2.75, 3.05) is 5.32 Å². The number of thiocarbonyl (C=S) groups is 1. The molecule has 30 heavy (non-hydrogen) atoms. The smallest absolute Gasteiger partial charge is 0.271 e. The maximum atomic E-state index is 12.1. The predicted molar refractivity (Wildman–Crippen MR) is 121 cm³/mol. The van der Waals surface area contributed by atoms with Gasteiger partial charge in [0.15, 0.2) is 5.11 Å². The molecule has 3 rings (SSSR count). The van der Waals surface area contributed by atoms with Gasteiger partial charge in [-0.25, -0.2) is 0 Å². The van der Waals surface area contributed by atoms with E-state index in [1.807, 2.05) is 12.1 Å². The monoisotopic (exact) mass is 461 g/mol. The number of non-ortho nitro benzene ring substituents is 1. The molecule has 0 unspecified atom stereocenters. The molecule has 0 radical (unpaired) electrons. The molecule has 2 N–H and O–H groups in total. The van der Waals surface area contributed by atoms with Gasteiger partial charge in [-0.1, -0.05) is 23.2 Å². The van der Waals surface area contributed by atoms with Crippen molar-refractivity contribution in [1.82, 2.24) is 5.32 Å². The first-order chi connectivity index (χ1) is 14.3. The van der Waals surface area contributed by atoms with Crippen molar-refractivity contribution in [3.63, 3.8) is 0 Å². The van der Waals surface area contributed by atoms with E-state index in [1.54, 1.807) is 24.3 Å². The molecule has 1 aromatic heterocycles. The second kappa shape index (κ2) is 9.53. The van der Waals surface area contributed by atoms with Crippen molar-refractivity contribution in [2.24, 2.45) is 0 Å². The maximum absolute atomic E-state index is 12.1. The van der Waals surface area contributed by atoms with E-state index >= 15 is 0 Å². The van der Waals surface area contributed by atoms with Crippen LogP contribution in [0.15, 0.2) is 65.1 Å². The van der Waals surface area contributed by atoms with Gasteiger partial charge < -0.3 is 9.73 Å². The van der Waals surface area contributed by atoms with E-state index in [0.717, 1.165) is 5.56 Å². The molecule has 7 nitrogen and oxygen atoms in total. The summed E-state index contributed by atoms with van der Waals surface area (Å²) >= 11 is 16.9. The number of halogens is 2. The lowest BCUT2D eigenvalue weighted by Gasteiger charge is -2.09. The Bertz CT molecular complexity index is 1140. The fourth-order valence-corrected chi connectivity index (χ4v) is 2.95. The Kier molecular flexibility index (Phi) is 6.83. The first-order valence-electron chi connectivity index (χ1n) is 8.41. The summed E-state index contributed by atoms with van der Waals surface area (Å²) in [5.74, 6) is 0.624. The molecule has 0 atom stereocenters. The fraction of sp³-hybridized carbons (Fsp3) is 0. The zero-order chi connectivity index (χ0) is 21.7. The summed E-state index contributed by atoms with van der Waals surface area (Å²) in [6.45, 7) is 0. The number of amides is 1. The molecule has 0 saturated heterocycles. The van der Waals surface area contributed by atoms with Crippen LogP contribution in [0.1, 0.15) is 5.76 Å². The third-order valence-electron chi connectivity index (χ3n) is 3.80. The van der Waals surface area contributed by atoms with Gasteiger partial charge in [0.1, 0.15) is 11.5 Å².